The molecule has 0 aliphatic carbocycles. The fraction of sp³-hybridized carbons (Fsp3) is 0.400. The van der Waals surface area contributed by atoms with Crippen molar-refractivity contribution >= 4 is 22.7 Å². The monoisotopic (exact) mass is 273 g/mol. The zero-order valence-corrected chi connectivity index (χ0v) is 12.0. The molecule has 100 valence electrons. The van der Waals surface area contributed by atoms with E-state index in [0.717, 1.165) is 0 Å². The second-order valence-corrected chi connectivity index (χ2v) is 5.93. The van der Waals surface area contributed by atoms with E-state index in [2.05, 4.69) is 46.4 Å². The molecule has 3 rings (SSSR count). The molecule has 1 aliphatic rings. The third-order valence-corrected chi connectivity index (χ3v) is 4.56. The quantitative estimate of drug-likeness (QED) is 0.915. The maximum Gasteiger partial charge on any atom is 0.0795 e. The largest absolute Gasteiger partial charge is 0.378 e. The fourth-order valence-corrected chi connectivity index (χ4v) is 3.13. The first-order valence-electron chi connectivity index (χ1n) is 6.83. The van der Waals surface area contributed by atoms with Crippen LogP contribution in [0, 0.1) is 0 Å². The lowest BCUT2D eigenvalue weighted by Gasteiger charge is -2.19. The third-order valence-electron chi connectivity index (χ3n) is 3.60. The van der Waals surface area contributed by atoms with Gasteiger partial charge in [-0.15, -0.1) is 11.3 Å². The fourth-order valence-electron chi connectivity index (χ4n) is 2.50. The van der Waals surface area contributed by atoms with Gasteiger partial charge in [-0.25, -0.2) is 0 Å². The molecule has 2 aromatic rings. The Morgan fingerprint density at radius 1 is 1.21 bits per heavy atom. The Hall–Kier alpha value is -1.55. The molecule has 19 heavy (non-hydrogen) atoms. The average molecular weight is 273 g/mol. The standard InChI is InChI=1S/C15H19N3S/c1-12(15-10-16-11-19-15)17-13-4-6-14(7-5-13)18-8-2-3-9-18/h4-7,10-12,17H,2-3,8-9H2,1H3. The van der Waals surface area contributed by atoms with Gasteiger partial charge in [0, 0.05) is 35.5 Å². The smallest absolute Gasteiger partial charge is 0.0795 e. The summed E-state index contributed by atoms with van der Waals surface area (Å²) in [6, 6.07) is 9.08. The Kier molecular flexibility index (Phi) is 3.69. The summed E-state index contributed by atoms with van der Waals surface area (Å²) in [7, 11) is 0. The normalized spacial score (nSPS) is 16.6. The predicted octanol–water partition coefficient (Wildman–Crippen LogP) is 3.92. The molecule has 1 unspecified atom stereocenters. The van der Waals surface area contributed by atoms with E-state index in [0.29, 0.717) is 6.04 Å². The lowest BCUT2D eigenvalue weighted by molar-refractivity contribution is 0.903. The van der Waals surface area contributed by atoms with Gasteiger partial charge in [0.1, 0.15) is 0 Å². The number of rotatable bonds is 4. The second-order valence-electron chi connectivity index (χ2n) is 5.01. The van der Waals surface area contributed by atoms with Crippen LogP contribution in [-0.4, -0.2) is 18.1 Å². The van der Waals surface area contributed by atoms with Gasteiger partial charge in [-0.05, 0) is 44.0 Å². The molecule has 4 heteroatoms. The van der Waals surface area contributed by atoms with Crippen LogP contribution >= 0.6 is 11.3 Å². The van der Waals surface area contributed by atoms with Crippen LogP contribution in [0.3, 0.4) is 0 Å². The minimum absolute atomic E-state index is 0.310. The molecular weight excluding hydrogens is 254 g/mol. The molecule has 0 amide bonds. The van der Waals surface area contributed by atoms with Crippen LogP contribution in [0.5, 0.6) is 0 Å². The van der Waals surface area contributed by atoms with Gasteiger partial charge >= 0.3 is 0 Å². The number of thiazole rings is 1. The number of hydrogen-bond donors (Lipinski definition) is 1. The van der Waals surface area contributed by atoms with Crippen LogP contribution in [0.2, 0.25) is 0 Å². The molecule has 0 saturated carbocycles. The predicted molar refractivity (Wildman–Crippen MR) is 82.0 cm³/mol. The van der Waals surface area contributed by atoms with E-state index in [-0.39, 0.29) is 0 Å². The van der Waals surface area contributed by atoms with Crippen LogP contribution in [0.25, 0.3) is 0 Å². The number of nitrogens with one attached hydrogen (secondary N) is 1. The Bertz CT molecular complexity index is 501. The van der Waals surface area contributed by atoms with Gasteiger partial charge in [-0.1, -0.05) is 0 Å². The minimum atomic E-state index is 0.310. The van der Waals surface area contributed by atoms with Crippen molar-refractivity contribution < 1.29 is 0 Å². The van der Waals surface area contributed by atoms with Gasteiger partial charge in [0.15, 0.2) is 0 Å². The van der Waals surface area contributed by atoms with Gasteiger partial charge in [0.05, 0.1) is 11.6 Å². The SMILES string of the molecule is CC(Nc1ccc(N2CCCC2)cc1)c1cncs1. The van der Waals surface area contributed by atoms with Crippen molar-refractivity contribution in [1.82, 2.24) is 4.98 Å². The van der Waals surface area contributed by atoms with Crippen molar-refractivity contribution in [3.8, 4) is 0 Å². The summed E-state index contributed by atoms with van der Waals surface area (Å²) >= 11 is 1.69. The molecule has 2 heterocycles. The average Bonchev–Trinajstić information content (AvgIpc) is 3.13. The molecule has 1 aromatic heterocycles. The molecule has 1 aliphatic heterocycles. The molecule has 0 spiro atoms. The summed E-state index contributed by atoms with van der Waals surface area (Å²) < 4.78 is 0. The van der Waals surface area contributed by atoms with Crippen molar-refractivity contribution in [2.75, 3.05) is 23.3 Å². The molecule has 0 bridgehead atoms. The number of hydrogen-bond acceptors (Lipinski definition) is 4. The maximum atomic E-state index is 4.12. The highest BCUT2D eigenvalue weighted by atomic mass is 32.1. The van der Waals surface area contributed by atoms with Crippen molar-refractivity contribution in [1.29, 1.82) is 0 Å². The van der Waals surface area contributed by atoms with Crippen LogP contribution < -0.4 is 10.2 Å². The van der Waals surface area contributed by atoms with Crippen LogP contribution in [0.15, 0.2) is 36.0 Å². The number of anilines is 2. The van der Waals surface area contributed by atoms with Gasteiger partial charge in [-0.2, -0.15) is 0 Å². The number of benzene rings is 1. The first kappa shape index (κ1) is 12.5. The van der Waals surface area contributed by atoms with E-state index in [1.807, 2.05) is 11.7 Å². The van der Waals surface area contributed by atoms with Crippen LogP contribution in [-0.2, 0) is 0 Å². The molecule has 1 fully saturated rings. The summed E-state index contributed by atoms with van der Waals surface area (Å²) in [5, 5.41) is 3.51. The lowest BCUT2D eigenvalue weighted by Crippen LogP contribution is -2.17. The van der Waals surface area contributed by atoms with Crippen molar-refractivity contribution in [3.63, 3.8) is 0 Å². The zero-order chi connectivity index (χ0) is 13.1. The van der Waals surface area contributed by atoms with E-state index < -0.39 is 0 Å². The minimum Gasteiger partial charge on any atom is -0.378 e. The highest BCUT2D eigenvalue weighted by Gasteiger charge is 2.12. The zero-order valence-electron chi connectivity index (χ0n) is 11.2. The van der Waals surface area contributed by atoms with E-state index >= 15 is 0 Å². The second kappa shape index (κ2) is 5.61. The van der Waals surface area contributed by atoms with Crippen LogP contribution in [0.1, 0.15) is 30.7 Å². The first-order valence-corrected chi connectivity index (χ1v) is 7.71. The van der Waals surface area contributed by atoms with Gasteiger partial charge in [0.25, 0.3) is 0 Å². The van der Waals surface area contributed by atoms with Crippen molar-refractivity contribution in [3.05, 3.63) is 40.8 Å². The van der Waals surface area contributed by atoms with Gasteiger partial charge < -0.3 is 10.2 Å². The molecular formula is C15H19N3S. The molecule has 1 atom stereocenters. The van der Waals surface area contributed by atoms with Gasteiger partial charge in [-0.3, -0.25) is 4.98 Å². The highest BCUT2D eigenvalue weighted by Crippen LogP contribution is 2.25. The summed E-state index contributed by atoms with van der Waals surface area (Å²) in [6.07, 6.45) is 4.58. The van der Waals surface area contributed by atoms with Gasteiger partial charge in [0.2, 0.25) is 0 Å². The molecule has 1 N–H and O–H groups in total. The lowest BCUT2D eigenvalue weighted by atomic mass is 10.2. The van der Waals surface area contributed by atoms with E-state index in [4.69, 9.17) is 0 Å². The third kappa shape index (κ3) is 2.89. The number of aromatic nitrogens is 1. The van der Waals surface area contributed by atoms with Crippen LogP contribution in [0.4, 0.5) is 11.4 Å². The first-order chi connectivity index (χ1) is 9.33. The van der Waals surface area contributed by atoms with Crippen molar-refractivity contribution in [2.24, 2.45) is 0 Å². The van der Waals surface area contributed by atoms with E-state index in [9.17, 15) is 0 Å². The summed E-state index contributed by atoms with van der Waals surface area (Å²) in [4.78, 5) is 7.85. The molecule has 1 aromatic carbocycles. The number of nitrogens with zero attached hydrogens (tertiary/aromatic N) is 2. The Labute approximate surface area is 118 Å². The Morgan fingerprint density at radius 3 is 2.58 bits per heavy atom. The summed E-state index contributed by atoms with van der Waals surface area (Å²) in [6.45, 7) is 4.57. The Morgan fingerprint density at radius 2 is 1.95 bits per heavy atom. The van der Waals surface area contributed by atoms with Crippen molar-refractivity contribution in [2.45, 2.75) is 25.8 Å². The molecule has 0 radical (unpaired) electrons. The summed E-state index contributed by atoms with van der Waals surface area (Å²) in [5.41, 5.74) is 4.39. The maximum absolute atomic E-state index is 4.12. The van der Waals surface area contributed by atoms with E-state index in [1.165, 1.54) is 42.2 Å². The van der Waals surface area contributed by atoms with E-state index in [1.54, 1.807) is 11.3 Å². The molecule has 3 nitrogen and oxygen atoms in total. The Balaban J connectivity index is 1.65. The molecule has 1 saturated heterocycles. The highest BCUT2D eigenvalue weighted by molar-refractivity contribution is 7.09. The summed E-state index contributed by atoms with van der Waals surface area (Å²) in [5.74, 6) is 0. The topological polar surface area (TPSA) is 28.2 Å².